The molecule has 0 aliphatic carbocycles. The molecule has 4 nitrogen and oxygen atoms in total. The van der Waals surface area contributed by atoms with E-state index in [1.54, 1.807) is 0 Å². The number of unbranched alkanes of at least 4 members (excludes halogenated alkanes) is 1. The molecule has 1 aliphatic rings. The second kappa shape index (κ2) is 12.4. The van der Waals surface area contributed by atoms with Gasteiger partial charge in [-0.3, -0.25) is 0 Å². The third-order valence-electron chi connectivity index (χ3n) is 6.06. The summed E-state index contributed by atoms with van der Waals surface area (Å²) in [5, 5.41) is 6.90. The van der Waals surface area contributed by atoms with Crippen molar-refractivity contribution < 1.29 is 9.47 Å². The van der Waals surface area contributed by atoms with Crippen LogP contribution in [0.4, 0.5) is 0 Å². The molecule has 4 rings (SSSR count). The molecule has 0 aromatic heterocycles. The molecule has 1 heterocycles. The highest BCUT2D eigenvalue weighted by molar-refractivity contribution is 5.39. The molecule has 3 aromatic rings. The fourth-order valence-corrected chi connectivity index (χ4v) is 3.90. The van der Waals surface area contributed by atoms with Crippen LogP contribution in [0.5, 0.6) is 11.5 Å². The van der Waals surface area contributed by atoms with Gasteiger partial charge in [0.25, 0.3) is 0 Å². The summed E-state index contributed by atoms with van der Waals surface area (Å²) >= 11 is 0. The number of hydrogen-bond acceptors (Lipinski definition) is 4. The Morgan fingerprint density at radius 3 is 2.03 bits per heavy atom. The molecule has 174 valence electrons. The van der Waals surface area contributed by atoms with E-state index in [1.165, 1.54) is 29.5 Å². The molecule has 0 amide bonds. The van der Waals surface area contributed by atoms with Gasteiger partial charge in [-0.2, -0.15) is 0 Å². The Morgan fingerprint density at radius 1 is 0.788 bits per heavy atom. The fraction of sp³-hybridized carbons (Fsp3) is 0.379. The maximum Gasteiger partial charge on any atom is 0.123 e. The van der Waals surface area contributed by atoms with E-state index in [1.807, 2.05) is 24.3 Å². The molecular weight excluding hydrogens is 408 g/mol. The lowest BCUT2D eigenvalue weighted by atomic mass is 10.0. The maximum absolute atomic E-state index is 6.19. The van der Waals surface area contributed by atoms with E-state index in [4.69, 9.17) is 9.47 Å². The van der Waals surface area contributed by atoms with Gasteiger partial charge in [-0.05, 0) is 53.1 Å². The first-order valence-corrected chi connectivity index (χ1v) is 12.2. The van der Waals surface area contributed by atoms with Crippen LogP contribution in [-0.4, -0.2) is 19.6 Å². The first-order chi connectivity index (χ1) is 16.3. The van der Waals surface area contributed by atoms with Crippen LogP contribution in [0.2, 0.25) is 0 Å². The fourth-order valence-electron chi connectivity index (χ4n) is 3.90. The van der Waals surface area contributed by atoms with Crippen LogP contribution in [0.3, 0.4) is 0 Å². The smallest absolute Gasteiger partial charge is 0.123 e. The first kappa shape index (κ1) is 23.3. The maximum atomic E-state index is 6.19. The van der Waals surface area contributed by atoms with Gasteiger partial charge in [0.15, 0.2) is 0 Å². The van der Waals surface area contributed by atoms with E-state index in [-0.39, 0.29) is 0 Å². The lowest BCUT2D eigenvalue weighted by Crippen LogP contribution is -2.47. The molecule has 0 spiro atoms. The van der Waals surface area contributed by atoms with Crippen molar-refractivity contribution in [3.63, 3.8) is 0 Å². The average Bonchev–Trinajstić information content (AvgIpc) is 2.83. The van der Waals surface area contributed by atoms with Crippen molar-refractivity contribution in [3.8, 4) is 11.5 Å². The summed E-state index contributed by atoms with van der Waals surface area (Å²) in [4.78, 5) is 0. The Bertz CT molecular complexity index is 969. The Kier molecular flexibility index (Phi) is 8.79. The third kappa shape index (κ3) is 7.62. The van der Waals surface area contributed by atoms with E-state index in [9.17, 15) is 0 Å². The summed E-state index contributed by atoms with van der Waals surface area (Å²) in [6.45, 7) is 7.39. The van der Waals surface area contributed by atoms with E-state index in [0.717, 1.165) is 55.6 Å². The van der Waals surface area contributed by atoms with Crippen LogP contribution in [0.1, 0.15) is 42.0 Å². The summed E-state index contributed by atoms with van der Waals surface area (Å²) in [6.07, 6.45) is 3.60. The van der Waals surface area contributed by atoms with Crippen LogP contribution >= 0.6 is 0 Å². The number of aryl methyl sites for hydroxylation is 1. The van der Waals surface area contributed by atoms with Gasteiger partial charge in [0.2, 0.25) is 0 Å². The number of ether oxygens (including phenoxy) is 2. The second-order valence-electron chi connectivity index (χ2n) is 8.95. The van der Waals surface area contributed by atoms with Crippen molar-refractivity contribution in [3.05, 3.63) is 95.1 Å². The molecule has 33 heavy (non-hydrogen) atoms. The highest BCUT2D eigenvalue weighted by Gasteiger charge is 2.15. The van der Waals surface area contributed by atoms with Crippen LogP contribution < -0.4 is 20.1 Å². The number of nitrogens with one attached hydrogen (secondary N) is 2. The summed E-state index contributed by atoms with van der Waals surface area (Å²) in [6, 6.07) is 25.3. The average molecular weight is 445 g/mol. The van der Waals surface area contributed by atoms with Gasteiger partial charge in [0.1, 0.15) is 24.7 Å². The van der Waals surface area contributed by atoms with Gasteiger partial charge in [-0.1, -0.05) is 67.9 Å². The molecular formula is C29H36N2O2. The molecule has 1 aliphatic heterocycles. The first-order valence-electron chi connectivity index (χ1n) is 12.2. The molecule has 3 aromatic carbocycles. The normalized spacial score (nSPS) is 13.5. The number of rotatable bonds is 13. The predicted molar refractivity (Wildman–Crippen MR) is 135 cm³/mol. The summed E-state index contributed by atoms with van der Waals surface area (Å²) in [7, 11) is 0. The minimum atomic E-state index is 0.546. The Labute approximate surface area is 198 Å². The Morgan fingerprint density at radius 2 is 1.42 bits per heavy atom. The van der Waals surface area contributed by atoms with Crippen LogP contribution in [0.25, 0.3) is 0 Å². The van der Waals surface area contributed by atoms with Crippen molar-refractivity contribution in [2.45, 2.75) is 45.9 Å². The van der Waals surface area contributed by atoms with Crippen LogP contribution in [0.15, 0.2) is 72.8 Å². The molecule has 0 saturated carbocycles. The molecule has 4 heteroatoms. The molecule has 0 atom stereocenters. The zero-order valence-corrected chi connectivity index (χ0v) is 19.7. The van der Waals surface area contributed by atoms with E-state index in [0.29, 0.717) is 13.2 Å². The van der Waals surface area contributed by atoms with Gasteiger partial charge >= 0.3 is 0 Å². The molecule has 1 saturated heterocycles. The third-order valence-corrected chi connectivity index (χ3v) is 6.06. The second-order valence-corrected chi connectivity index (χ2v) is 8.95. The number of benzene rings is 3. The van der Waals surface area contributed by atoms with Crippen LogP contribution in [0, 0.1) is 5.92 Å². The van der Waals surface area contributed by atoms with Crippen molar-refractivity contribution in [2.24, 2.45) is 5.92 Å². The lowest BCUT2D eigenvalue weighted by Gasteiger charge is -2.27. The zero-order valence-electron chi connectivity index (χ0n) is 19.7. The van der Waals surface area contributed by atoms with Crippen molar-refractivity contribution in [2.75, 3.05) is 19.6 Å². The van der Waals surface area contributed by atoms with E-state index >= 15 is 0 Å². The minimum Gasteiger partial charge on any atom is -0.489 e. The lowest BCUT2D eigenvalue weighted by molar-refractivity contribution is 0.289. The summed E-state index contributed by atoms with van der Waals surface area (Å²) < 4.78 is 12.3. The number of hydrogen-bond donors (Lipinski definition) is 2. The van der Waals surface area contributed by atoms with Crippen LogP contribution in [-0.2, 0) is 26.2 Å². The van der Waals surface area contributed by atoms with Gasteiger partial charge in [-0.15, -0.1) is 0 Å². The Balaban J connectivity index is 1.38. The molecule has 1 fully saturated rings. The molecule has 0 bridgehead atoms. The van der Waals surface area contributed by atoms with Gasteiger partial charge in [0, 0.05) is 32.2 Å². The zero-order chi connectivity index (χ0) is 22.7. The van der Waals surface area contributed by atoms with Gasteiger partial charge < -0.3 is 20.1 Å². The predicted octanol–water partition coefficient (Wildman–Crippen LogP) is 5.50. The SMILES string of the molecule is CCCCc1ccc(COc2cc(CNCC3CNC3)cc(OCc3ccccc3)c2)cc1. The van der Waals surface area contributed by atoms with Gasteiger partial charge in [0.05, 0.1) is 0 Å². The quantitative estimate of drug-likeness (QED) is 0.366. The summed E-state index contributed by atoms with van der Waals surface area (Å²) in [5.74, 6) is 2.42. The molecule has 0 radical (unpaired) electrons. The standard InChI is InChI=1S/C29H36N2O2/c1-2-3-7-23-10-12-25(13-11-23)22-33-29-15-26(17-30-18-27-19-31-20-27)14-28(16-29)32-21-24-8-5-4-6-9-24/h4-6,8-16,27,30-31H,2-3,7,17-22H2,1H3. The van der Waals surface area contributed by atoms with Crippen molar-refractivity contribution in [1.82, 2.24) is 10.6 Å². The van der Waals surface area contributed by atoms with Crippen molar-refractivity contribution in [1.29, 1.82) is 0 Å². The monoisotopic (exact) mass is 444 g/mol. The highest BCUT2D eigenvalue weighted by atomic mass is 16.5. The summed E-state index contributed by atoms with van der Waals surface area (Å²) in [5.41, 5.74) is 4.91. The molecule has 0 unspecified atom stereocenters. The topological polar surface area (TPSA) is 42.5 Å². The minimum absolute atomic E-state index is 0.546. The largest absolute Gasteiger partial charge is 0.489 e. The van der Waals surface area contributed by atoms with E-state index < -0.39 is 0 Å². The van der Waals surface area contributed by atoms with E-state index in [2.05, 4.69) is 66.1 Å². The Hall–Kier alpha value is -2.82. The molecule has 2 N–H and O–H groups in total. The van der Waals surface area contributed by atoms with Gasteiger partial charge in [-0.25, -0.2) is 0 Å². The highest BCUT2D eigenvalue weighted by Crippen LogP contribution is 2.25. The van der Waals surface area contributed by atoms with Crippen molar-refractivity contribution >= 4 is 0 Å².